The van der Waals surface area contributed by atoms with Gasteiger partial charge in [0.2, 0.25) is 0 Å². The second-order valence-corrected chi connectivity index (χ2v) is 4.48. The second kappa shape index (κ2) is 5.78. The van der Waals surface area contributed by atoms with Crippen LogP contribution in [-0.4, -0.2) is 21.6 Å². The van der Waals surface area contributed by atoms with E-state index in [0.717, 1.165) is 31.0 Å². The first-order valence-electron chi connectivity index (χ1n) is 6.39. The molecule has 4 nitrogen and oxygen atoms in total. The molecule has 96 valence electrons. The summed E-state index contributed by atoms with van der Waals surface area (Å²) in [6.07, 6.45) is 7.82. The molecule has 2 aromatic heterocycles. The monoisotopic (exact) mass is 244 g/mol. The molecule has 0 aliphatic carbocycles. The molecular formula is C14H20N4. The number of nitrogens with one attached hydrogen (secondary N) is 1. The van der Waals surface area contributed by atoms with Crippen LogP contribution in [0, 0.1) is 6.92 Å². The van der Waals surface area contributed by atoms with Crippen molar-refractivity contribution in [3.05, 3.63) is 41.6 Å². The molecule has 2 heterocycles. The van der Waals surface area contributed by atoms with Crippen LogP contribution in [0.25, 0.3) is 5.82 Å². The van der Waals surface area contributed by atoms with Gasteiger partial charge in [0, 0.05) is 31.6 Å². The van der Waals surface area contributed by atoms with E-state index < -0.39 is 0 Å². The Kier molecular flexibility index (Phi) is 4.10. The molecule has 0 bridgehead atoms. The molecule has 0 radical (unpaired) electrons. The zero-order chi connectivity index (χ0) is 13.0. The lowest BCUT2D eigenvalue weighted by atomic mass is 10.2. The second-order valence-electron chi connectivity index (χ2n) is 4.48. The van der Waals surface area contributed by atoms with Crippen LogP contribution in [0.5, 0.6) is 0 Å². The molecule has 18 heavy (non-hydrogen) atoms. The van der Waals surface area contributed by atoms with Gasteiger partial charge in [0.05, 0.1) is 0 Å². The molecule has 0 aromatic carbocycles. The fourth-order valence-corrected chi connectivity index (χ4v) is 2.11. The Hall–Kier alpha value is -1.68. The van der Waals surface area contributed by atoms with Gasteiger partial charge in [-0.1, -0.05) is 6.92 Å². The van der Waals surface area contributed by atoms with E-state index in [9.17, 15) is 0 Å². The van der Waals surface area contributed by atoms with Gasteiger partial charge in [-0.05, 0) is 37.6 Å². The van der Waals surface area contributed by atoms with Gasteiger partial charge in [0.15, 0.2) is 0 Å². The minimum Gasteiger partial charge on any atom is -0.316 e. The van der Waals surface area contributed by atoms with Crippen LogP contribution >= 0.6 is 0 Å². The van der Waals surface area contributed by atoms with Crippen LogP contribution < -0.4 is 5.32 Å². The third-order valence-corrected chi connectivity index (χ3v) is 2.91. The molecule has 2 rings (SSSR count). The molecular weight excluding hydrogens is 224 g/mol. The number of rotatable bonds is 5. The van der Waals surface area contributed by atoms with Gasteiger partial charge in [-0.15, -0.1) is 0 Å². The molecule has 0 amide bonds. The summed E-state index contributed by atoms with van der Waals surface area (Å²) in [6.45, 7) is 5.10. The van der Waals surface area contributed by atoms with E-state index in [4.69, 9.17) is 0 Å². The Morgan fingerprint density at radius 3 is 2.83 bits per heavy atom. The van der Waals surface area contributed by atoms with Crippen molar-refractivity contribution >= 4 is 0 Å². The maximum atomic E-state index is 4.57. The summed E-state index contributed by atoms with van der Waals surface area (Å²) in [7, 11) is 1.94. The molecule has 0 unspecified atom stereocenters. The Morgan fingerprint density at radius 1 is 1.33 bits per heavy atom. The van der Waals surface area contributed by atoms with Crippen molar-refractivity contribution in [3.8, 4) is 5.82 Å². The third kappa shape index (κ3) is 2.59. The van der Waals surface area contributed by atoms with E-state index in [1.54, 1.807) is 0 Å². The number of hydrogen-bond acceptors (Lipinski definition) is 3. The van der Waals surface area contributed by atoms with Gasteiger partial charge in [-0.25, -0.2) is 9.97 Å². The van der Waals surface area contributed by atoms with Crippen LogP contribution in [-0.2, 0) is 13.0 Å². The summed E-state index contributed by atoms with van der Waals surface area (Å²) in [4.78, 5) is 8.96. The smallest absolute Gasteiger partial charge is 0.140 e. The van der Waals surface area contributed by atoms with E-state index in [2.05, 4.69) is 39.8 Å². The average Bonchev–Trinajstić information content (AvgIpc) is 2.78. The van der Waals surface area contributed by atoms with Gasteiger partial charge in [0.1, 0.15) is 11.6 Å². The predicted octanol–water partition coefficient (Wildman–Crippen LogP) is 2.25. The van der Waals surface area contributed by atoms with Crippen LogP contribution in [0.2, 0.25) is 0 Å². The lowest BCUT2D eigenvalue weighted by Crippen LogP contribution is -2.09. The first-order valence-corrected chi connectivity index (χ1v) is 6.39. The summed E-state index contributed by atoms with van der Waals surface area (Å²) < 4.78 is 2.09. The highest BCUT2D eigenvalue weighted by molar-refractivity contribution is 5.36. The summed E-state index contributed by atoms with van der Waals surface area (Å²) in [5.41, 5.74) is 2.38. The van der Waals surface area contributed by atoms with E-state index in [-0.39, 0.29) is 0 Å². The molecule has 2 aromatic rings. The summed E-state index contributed by atoms with van der Waals surface area (Å²) in [5.74, 6) is 2.06. The normalized spacial score (nSPS) is 10.8. The third-order valence-electron chi connectivity index (χ3n) is 2.91. The van der Waals surface area contributed by atoms with Gasteiger partial charge in [-0.2, -0.15) is 0 Å². The zero-order valence-electron chi connectivity index (χ0n) is 11.3. The van der Waals surface area contributed by atoms with Crippen molar-refractivity contribution in [2.75, 3.05) is 7.05 Å². The predicted molar refractivity (Wildman–Crippen MR) is 72.9 cm³/mol. The lowest BCUT2D eigenvalue weighted by molar-refractivity contribution is 0.784. The molecule has 1 N–H and O–H groups in total. The standard InChI is InChI=1S/C14H20N4/c1-4-5-13-16-6-7-18(13)14-11(2)8-12(9-15-3)10-17-14/h6-8,10,15H,4-5,9H2,1-3H3. The molecule has 4 heteroatoms. The van der Waals surface area contributed by atoms with Gasteiger partial charge in [0.25, 0.3) is 0 Å². The highest BCUT2D eigenvalue weighted by atomic mass is 15.1. The van der Waals surface area contributed by atoms with Crippen molar-refractivity contribution in [1.82, 2.24) is 19.9 Å². The number of aryl methyl sites for hydroxylation is 2. The van der Waals surface area contributed by atoms with Crippen LogP contribution in [0.4, 0.5) is 0 Å². The quantitative estimate of drug-likeness (QED) is 0.877. The molecule has 0 saturated carbocycles. The largest absolute Gasteiger partial charge is 0.316 e. The Balaban J connectivity index is 2.35. The summed E-state index contributed by atoms with van der Waals surface area (Å²) in [5, 5.41) is 3.14. The number of hydrogen-bond donors (Lipinski definition) is 1. The van der Waals surface area contributed by atoms with Crippen molar-refractivity contribution in [1.29, 1.82) is 0 Å². The first-order chi connectivity index (χ1) is 8.76. The highest BCUT2D eigenvalue weighted by Crippen LogP contribution is 2.15. The Bertz CT molecular complexity index is 516. The zero-order valence-corrected chi connectivity index (χ0v) is 11.3. The fraction of sp³-hybridized carbons (Fsp3) is 0.429. The minimum atomic E-state index is 0.847. The average molecular weight is 244 g/mol. The SMILES string of the molecule is CCCc1nccn1-c1ncc(CNC)cc1C. The summed E-state index contributed by atoms with van der Waals surface area (Å²) in [6, 6.07) is 2.18. The molecule has 0 aliphatic heterocycles. The fourth-order valence-electron chi connectivity index (χ4n) is 2.11. The highest BCUT2D eigenvalue weighted by Gasteiger charge is 2.08. The van der Waals surface area contributed by atoms with Crippen molar-refractivity contribution in [3.63, 3.8) is 0 Å². The van der Waals surface area contributed by atoms with Gasteiger partial charge >= 0.3 is 0 Å². The molecule has 0 saturated heterocycles. The maximum Gasteiger partial charge on any atom is 0.140 e. The minimum absolute atomic E-state index is 0.847. The summed E-state index contributed by atoms with van der Waals surface area (Å²) >= 11 is 0. The first kappa shape index (κ1) is 12.8. The van der Waals surface area contributed by atoms with Gasteiger partial charge < -0.3 is 5.32 Å². The Labute approximate surface area is 108 Å². The number of aromatic nitrogens is 3. The van der Waals surface area contributed by atoms with E-state index in [1.807, 2.05) is 25.6 Å². The molecule has 0 aliphatic rings. The molecule has 0 fully saturated rings. The van der Waals surface area contributed by atoms with Crippen molar-refractivity contribution < 1.29 is 0 Å². The number of nitrogens with zero attached hydrogens (tertiary/aromatic N) is 3. The van der Waals surface area contributed by atoms with E-state index >= 15 is 0 Å². The van der Waals surface area contributed by atoms with E-state index in [0.29, 0.717) is 0 Å². The van der Waals surface area contributed by atoms with Crippen LogP contribution in [0.1, 0.15) is 30.3 Å². The number of imidazole rings is 1. The number of pyridine rings is 1. The van der Waals surface area contributed by atoms with Crippen LogP contribution in [0.3, 0.4) is 0 Å². The Morgan fingerprint density at radius 2 is 2.17 bits per heavy atom. The van der Waals surface area contributed by atoms with Gasteiger partial charge in [-0.3, -0.25) is 4.57 Å². The van der Waals surface area contributed by atoms with Crippen molar-refractivity contribution in [2.24, 2.45) is 0 Å². The molecule has 0 spiro atoms. The maximum absolute atomic E-state index is 4.57. The lowest BCUT2D eigenvalue weighted by Gasteiger charge is -2.10. The van der Waals surface area contributed by atoms with E-state index in [1.165, 1.54) is 11.1 Å². The molecule has 0 atom stereocenters. The topological polar surface area (TPSA) is 42.7 Å². The van der Waals surface area contributed by atoms with Crippen LogP contribution in [0.15, 0.2) is 24.7 Å². The van der Waals surface area contributed by atoms with Crippen molar-refractivity contribution in [2.45, 2.75) is 33.2 Å².